The third kappa shape index (κ3) is 4.91. The first kappa shape index (κ1) is 26.6. The third-order valence-corrected chi connectivity index (χ3v) is 6.19. The Hall–Kier alpha value is -3.49. The molecule has 2 fully saturated rings. The van der Waals surface area contributed by atoms with Crippen LogP contribution in [-0.4, -0.2) is 67.7 Å². The number of carbonyl (C=O) groups is 2. The van der Waals surface area contributed by atoms with Crippen LogP contribution in [0.25, 0.3) is 11.2 Å². The molecule has 2 aromatic heterocycles. The van der Waals surface area contributed by atoms with E-state index in [-0.39, 0.29) is 42.1 Å². The molecule has 2 aromatic rings. The number of aromatic nitrogens is 4. The highest BCUT2D eigenvalue weighted by atomic mass is 16.8. The van der Waals surface area contributed by atoms with Crippen molar-refractivity contribution in [3.63, 3.8) is 0 Å². The number of allylic oxidation sites excluding steroid dienone is 1. The molecule has 4 heterocycles. The van der Waals surface area contributed by atoms with Gasteiger partial charge in [-0.2, -0.15) is 4.98 Å². The van der Waals surface area contributed by atoms with Crippen molar-refractivity contribution in [3.05, 3.63) is 33.5 Å². The van der Waals surface area contributed by atoms with Crippen LogP contribution in [0, 0.1) is 5.92 Å². The van der Waals surface area contributed by atoms with Crippen molar-refractivity contribution in [3.8, 4) is 0 Å². The van der Waals surface area contributed by atoms with Crippen molar-refractivity contribution < 1.29 is 28.5 Å². The lowest BCUT2D eigenvalue weighted by molar-refractivity contribution is -0.202. The van der Waals surface area contributed by atoms with E-state index in [2.05, 4.69) is 21.9 Å². The third-order valence-electron chi connectivity index (χ3n) is 6.19. The first-order chi connectivity index (χ1) is 17.3. The second kappa shape index (κ2) is 9.76. The number of nitrogens with one attached hydrogen (secondary N) is 2. The predicted molar refractivity (Wildman–Crippen MR) is 130 cm³/mol. The standard InChI is InChI=1S/C23H32N6O8/c1-7-8-28-14-17(26-21(24)27-18(14)31)29(22(28)33)19-16-15(36-23(5,6)37-16)12(35-19)9-34-20(32)13(10(2)3)25-11(4)30/h7,10,12-13,15-16,19H,1,8-9H2,2-6H3,(H,25,30)(H3,24,26,27,31)/t12-,13+,15-,16?,19-/m1/s1. The van der Waals surface area contributed by atoms with Crippen LogP contribution in [0.3, 0.4) is 0 Å². The Labute approximate surface area is 211 Å². The quantitative estimate of drug-likeness (QED) is 0.311. The lowest BCUT2D eigenvalue weighted by Crippen LogP contribution is -2.45. The van der Waals surface area contributed by atoms with Gasteiger partial charge in [-0.1, -0.05) is 19.9 Å². The van der Waals surface area contributed by atoms with Crippen molar-refractivity contribution in [1.29, 1.82) is 0 Å². The zero-order chi connectivity index (χ0) is 27.2. The fourth-order valence-electron chi connectivity index (χ4n) is 4.70. The van der Waals surface area contributed by atoms with Crippen LogP contribution in [-0.2, 0) is 35.1 Å². The molecule has 0 bridgehead atoms. The van der Waals surface area contributed by atoms with Gasteiger partial charge in [0, 0.05) is 13.5 Å². The second-order valence-electron chi connectivity index (χ2n) is 9.86. The maximum Gasteiger partial charge on any atom is 0.333 e. The molecule has 0 saturated carbocycles. The van der Waals surface area contributed by atoms with Gasteiger partial charge in [-0.15, -0.1) is 6.58 Å². The average Bonchev–Trinajstić information content (AvgIpc) is 3.37. The topological polar surface area (TPSA) is 182 Å². The van der Waals surface area contributed by atoms with Crippen LogP contribution in [0.1, 0.15) is 40.8 Å². The molecule has 5 atom stereocenters. The lowest BCUT2D eigenvalue weighted by Gasteiger charge is -2.25. The fraction of sp³-hybridized carbons (Fsp3) is 0.609. The molecule has 2 saturated heterocycles. The Morgan fingerprint density at radius 3 is 2.59 bits per heavy atom. The number of H-pyrrole nitrogens is 1. The number of fused-ring (bicyclic) bond motifs is 2. The van der Waals surface area contributed by atoms with E-state index >= 15 is 0 Å². The largest absolute Gasteiger partial charge is 0.461 e. The highest BCUT2D eigenvalue weighted by Gasteiger charge is 2.57. The van der Waals surface area contributed by atoms with E-state index in [1.54, 1.807) is 27.7 Å². The van der Waals surface area contributed by atoms with Gasteiger partial charge < -0.3 is 30.0 Å². The summed E-state index contributed by atoms with van der Waals surface area (Å²) in [7, 11) is 0. The lowest BCUT2D eigenvalue weighted by atomic mass is 10.0. The smallest absolute Gasteiger partial charge is 0.333 e. The van der Waals surface area contributed by atoms with E-state index in [1.807, 2.05) is 0 Å². The monoisotopic (exact) mass is 520 g/mol. The van der Waals surface area contributed by atoms with Crippen molar-refractivity contribution in [2.45, 2.75) is 77.5 Å². The SMILES string of the molecule is C=CCn1c(=O)n([C@@H]2O[C@H](COC(=O)[C@@H](NC(C)=O)C(C)C)[C@H]3OC(C)(C)OC23)c2nc(N)[nH]c(=O)c21. The average molecular weight is 521 g/mol. The molecule has 0 radical (unpaired) electrons. The van der Waals surface area contributed by atoms with Gasteiger partial charge in [-0.3, -0.25) is 19.1 Å². The second-order valence-corrected chi connectivity index (χ2v) is 9.86. The molecule has 14 nitrogen and oxygen atoms in total. The summed E-state index contributed by atoms with van der Waals surface area (Å²) < 4.78 is 26.2. The van der Waals surface area contributed by atoms with Crippen LogP contribution < -0.4 is 22.3 Å². The Balaban J connectivity index is 1.69. The highest BCUT2D eigenvalue weighted by molar-refractivity contribution is 5.83. The number of amides is 1. The number of carbonyl (C=O) groups excluding carboxylic acids is 2. The summed E-state index contributed by atoms with van der Waals surface area (Å²) in [6.07, 6.45) is -1.93. The first-order valence-electron chi connectivity index (χ1n) is 11.9. The Bertz CT molecular complexity index is 1340. The van der Waals surface area contributed by atoms with Gasteiger partial charge in [0.05, 0.1) is 0 Å². The van der Waals surface area contributed by atoms with Crippen molar-refractivity contribution in [2.75, 3.05) is 12.3 Å². The van der Waals surface area contributed by atoms with Gasteiger partial charge in [-0.25, -0.2) is 14.2 Å². The Morgan fingerprint density at radius 1 is 1.30 bits per heavy atom. The summed E-state index contributed by atoms with van der Waals surface area (Å²) in [6.45, 7) is 11.8. The molecule has 4 rings (SSSR count). The van der Waals surface area contributed by atoms with Crippen LogP contribution in [0.5, 0.6) is 0 Å². The van der Waals surface area contributed by atoms with Gasteiger partial charge in [0.15, 0.2) is 23.2 Å². The van der Waals surface area contributed by atoms with Crippen LogP contribution in [0.2, 0.25) is 0 Å². The number of hydrogen-bond acceptors (Lipinski definition) is 10. The Morgan fingerprint density at radius 2 is 1.97 bits per heavy atom. The van der Waals surface area contributed by atoms with Crippen LogP contribution in [0.4, 0.5) is 5.95 Å². The first-order valence-corrected chi connectivity index (χ1v) is 11.9. The zero-order valence-electron chi connectivity index (χ0n) is 21.3. The molecule has 0 aromatic carbocycles. The van der Waals surface area contributed by atoms with Gasteiger partial charge in [0.1, 0.15) is 31.0 Å². The molecule has 0 aliphatic carbocycles. The minimum atomic E-state index is -1.07. The number of rotatable bonds is 8. The number of ether oxygens (including phenoxy) is 4. The number of imidazole rings is 1. The zero-order valence-corrected chi connectivity index (χ0v) is 21.3. The highest BCUT2D eigenvalue weighted by Crippen LogP contribution is 2.43. The van der Waals surface area contributed by atoms with Gasteiger partial charge in [-0.05, 0) is 19.8 Å². The number of anilines is 1. The van der Waals surface area contributed by atoms with Gasteiger partial charge in [0.2, 0.25) is 11.9 Å². The molecule has 0 spiro atoms. The summed E-state index contributed by atoms with van der Waals surface area (Å²) in [6, 6.07) is -0.846. The van der Waals surface area contributed by atoms with Crippen LogP contribution >= 0.6 is 0 Å². The molecule has 14 heteroatoms. The molecular formula is C23H32N6O8. The van der Waals surface area contributed by atoms with Gasteiger partial charge in [0.25, 0.3) is 5.56 Å². The number of hydrogen-bond donors (Lipinski definition) is 3. The van der Waals surface area contributed by atoms with E-state index in [4.69, 9.17) is 24.7 Å². The van der Waals surface area contributed by atoms with E-state index < -0.39 is 53.6 Å². The number of aromatic amines is 1. The summed E-state index contributed by atoms with van der Waals surface area (Å²) >= 11 is 0. The minimum Gasteiger partial charge on any atom is -0.461 e. The normalized spacial score (nSPS) is 25.2. The Kier molecular flexibility index (Phi) is 7.01. The van der Waals surface area contributed by atoms with E-state index in [0.29, 0.717) is 0 Å². The van der Waals surface area contributed by atoms with Gasteiger partial charge >= 0.3 is 11.7 Å². The molecule has 1 amide bonds. The van der Waals surface area contributed by atoms with Crippen molar-refractivity contribution >= 4 is 29.0 Å². The molecule has 4 N–H and O–H groups in total. The number of nitrogen functional groups attached to an aromatic ring is 1. The number of nitrogens with zero attached hydrogens (tertiary/aromatic N) is 3. The molecule has 202 valence electrons. The van der Waals surface area contributed by atoms with E-state index in [0.717, 1.165) is 0 Å². The molecule has 2 aliphatic rings. The number of nitrogens with two attached hydrogens (primary N) is 1. The van der Waals surface area contributed by atoms with E-state index in [1.165, 1.54) is 22.1 Å². The summed E-state index contributed by atoms with van der Waals surface area (Å²) in [5.74, 6) is -2.41. The maximum atomic E-state index is 13.5. The van der Waals surface area contributed by atoms with Crippen molar-refractivity contribution in [2.24, 2.45) is 5.92 Å². The minimum absolute atomic E-state index is 0.00221. The summed E-state index contributed by atoms with van der Waals surface area (Å²) in [5, 5.41) is 2.58. The molecular weight excluding hydrogens is 488 g/mol. The number of esters is 1. The summed E-state index contributed by atoms with van der Waals surface area (Å²) in [5.41, 5.74) is 4.61. The molecule has 37 heavy (non-hydrogen) atoms. The maximum absolute atomic E-state index is 13.5. The van der Waals surface area contributed by atoms with E-state index in [9.17, 15) is 19.2 Å². The molecule has 1 unspecified atom stereocenters. The van der Waals surface area contributed by atoms with Crippen LogP contribution in [0.15, 0.2) is 22.2 Å². The van der Waals surface area contributed by atoms with Crippen molar-refractivity contribution in [1.82, 2.24) is 24.4 Å². The fourth-order valence-corrected chi connectivity index (χ4v) is 4.70. The molecule has 2 aliphatic heterocycles. The summed E-state index contributed by atoms with van der Waals surface area (Å²) in [4.78, 5) is 57.0. The predicted octanol–water partition coefficient (Wildman–Crippen LogP) is -0.224.